The fourth-order valence-corrected chi connectivity index (χ4v) is 1.63. The van der Waals surface area contributed by atoms with Gasteiger partial charge in [-0.25, -0.2) is 0 Å². The van der Waals surface area contributed by atoms with Gasteiger partial charge in [-0.1, -0.05) is 30.3 Å². The van der Waals surface area contributed by atoms with Crippen LogP contribution >= 0.6 is 0 Å². The molecule has 0 aliphatic heterocycles. The molecule has 4 heteroatoms. The molecule has 1 heterocycles. The average Bonchev–Trinajstić information content (AvgIpc) is 2.77. The number of carbonyl (C=O) groups excluding carboxylic acids is 1. The first-order chi connectivity index (χ1) is 8.12. The highest BCUT2D eigenvalue weighted by Crippen LogP contribution is 2.29. The highest BCUT2D eigenvalue weighted by Gasteiger charge is 2.31. The van der Waals surface area contributed by atoms with E-state index in [4.69, 9.17) is 0 Å². The Balaban J connectivity index is 2.19. The molecule has 0 unspecified atom stereocenters. The number of rotatable bonds is 4. The highest BCUT2D eigenvalue weighted by molar-refractivity contribution is 5.74. The molecule has 0 N–H and O–H groups in total. The second-order valence-electron chi connectivity index (χ2n) is 3.81. The van der Waals surface area contributed by atoms with Gasteiger partial charge in [0.25, 0.3) is 5.92 Å². The quantitative estimate of drug-likeness (QED) is 0.746. The zero-order valence-electron chi connectivity index (χ0n) is 9.01. The van der Waals surface area contributed by atoms with Gasteiger partial charge < -0.3 is 4.57 Å². The number of benzene rings is 1. The second-order valence-corrected chi connectivity index (χ2v) is 3.81. The van der Waals surface area contributed by atoms with Crippen molar-refractivity contribution in [2.24, 2.45) is 0 Å². The van der Waals surface area contributed by atoms with E-state index in [1.54, 1.807) is 18.2 Å². The second kappa shape index (κ2) is 4.49. The SMILES string of the molecule is O=Cc1ccn(CC(F)(F)c2ccccc2)c1. The van der Waals surface area contributed by atoms with E-state index < -0.39 is 12.5 Å². The molecular formula is C13H11F2NO. The first kappa shape index (κ1) is 11.5. The van der Waals surface area contributed by atoms with Crippen molar-refractivity contribution < 1.29 is 13.6 Å². The van der Waals surface area contributed by atoms with E-state index in [9.17, 15) is 13.6 Å². The van der Waals surface area contributed by atoms with Crippen LogP contribution in [0.2, 0.25) is 0 Å². The predicted molar refractivity (Wildman–Crippen MR) is 60.2 cm³/mol. The molecule has 0 atom stereocenters. The largest absolute Gasteiger partial charge is 0.347 e. The molecule has 2 aromatic rings. The number of aldehydes is 1. The van der Waals surface area contributed by atoms with Crippen molar-refractivity contribution in [1.82, 2.24) is 4.57 Å². The van der Waals surface area contributed by atoms with Crippen molar-refractivity contribution in [2.45, 2.75) is 12.5 Å². The minimum Gasteiger partial charge on any atom is -0.347 e. The maximum absolute atomic E-state index is 13.8. The van der Waals surface area contributed by atoms with Crippen LogP contribution < -0.4 is 0 Å². The Morgan fingerprint density at radius 1 is 1.18 bits per heavy atom. The van der Waals surface area contributed by atoms with Crippen LogP contribution in [0.3, 0.4) is 0 Å². The van der Waals surface area contributed by atoms with Crippen LogP contribution in [0.5, 0.6) is 0 Å². The number of aromatic nitrogens is 1. The summed E-state index contributed by atoms with van der Waals surface area (Å²) in [6.45, 7) is -0.467. The first-order valence-electron chi connectivity index (χ1n) is 5.16. The van der Waals surface area contributed by atoms with Crippen molar-refractivity contribution in [3.05, 3.63) is 59.9 Å². The maximum atomic E-state index is 13.8. The molecule has 0 aliphatic rings. The van der Waals surface area contributed by atoms with Gasteiger partial charge in [0.05, 0.1) is 6.54 Å². The van der Waals surface area contributed by atoms with Gasteiger partial charge in [0.1, 0.15) is 0 Å². The van der Waals surface area contributed by atoms with Crippen molar-refractivity contribution in [1.29, 1.82) is 0 Å². The lowest BCUT2D eigenvalue weighted by Gasteiger charge is -2.17. The Morgan fingerprint density at radius 3 is 2.47 bits per heavy atom. The summed E-state index contributed by atoms with van der Waals surface area (Å²) in [5.74, 6) is -2.94. The average molecular weight is 235 g/mol. The first-order valence-corrected chi connectivity index (χ1v) is 5.16. The molecule has 88 valence electrons. The fraction of sp³-hybridized carbons (Fsp3) is 0.154. The molecule has 0 saturated carbocycles. The molecule has 2 rings (SSSR count). The molecule has 0 spiro atoms. The van der Waals surface area contributed by atoms with Crippen molar-refractivity contribution in [3.63, 3.8) is 0 Å². The summed E-state index contributed by atoms with van der Waals surface area (Å²) in [5.41, 5.74) is 0.371. The number of alkyl halides is 2. The third-order valence-electron chi connectivity index (χ3n) is 2.49. The van der Waals surface area contributed by atoms with E-state index in [0.29, 0.717) is 11.8 Å². The van der Waals surface area contributed by atoms with Crippen molar-refractivity contribution in [2.75, 3.05) is 0 Å². The molecule has 0 aliphatic carbocycles. The normalized spacial score (nSPS) is 11.4. The Morgan fingerprint density at radius 2 is 1.88 bits per heavy atom. The molecular weight excluding hydrogens is 224 g/mol. The highest BCUT2D eigenvalue weighted by atomic mass is 19.3. The van der Waals surface area contributed by atoms with E-state index in [0.717, 1.165) is 0 Å². The summed E-state index contributed by atoms with van der Waals surface area (Å²) in [5, 5.41) is 0. The lowest BCUT2D eigenvalue weighted by molar-refractivity contribution is -0.0221. The van der Waals surface area contributed by atoms with Gasteiger partial charge in [0.15, 0.2) is 6.29 Å². The smallest absolute Gasteiger partial charge is 0.290 e. The molecule has 0 saturated heterocycles. The molecule has 1 aromatic carbocycles. The molecule has 1 aromatic heterocycles. The third-order valence-corrected chi connectivity index (χ3v) is 2.49. The summed E-state index contributed by atoms with van der Waals surface area (Å²) in [6, 6.07) is 9.15. The van der Waals surface area contributed by atoms with Crippen LogP contribution in [0.4, 0.5) is 8.78 Å². The number of halogens is 2. The Hall–Kier alpha value is -1.97. The van der Waals surface area contributed by atoms with Crippen molar-refractivity contribution >= 4 is 6.29 Å². The monoisotopic (exact) mass is 235 g/mol. The zero-order valence-corrected chi connectivity index (χ0v) is 9.01. The van der Waals surface area contributed by atoms with Gasteiger partial charge >= 0.3 is 0 Å². The van der Waals surface area contributed by atoms with E-state index in [2.05, 4.69) is 0 Å². The lowest BCUT2D eigenvalue weighted by Crippen LogP contribution is -2.20. The van der Waals surface area contributed by atoms with Crippen LogP contribution in [-0.2, 0) is 12.5 Å². The third kappa shape index (κ3) is 2.58. The van der Waals surface area contributed by atoms with Crippen LogP contribution in [0.1, 0.15) is 15.9 Å². The topological polar surface area (TPSA) is 22.0 Å². The molecule has 0 fully saturated rings. The van der Waals surface area contributed by atoms with Gasteiger partial charge in [-0.15, -0.1) is 0 Å². The maximum Gasteiger partial charge on any atom is 0.290 e. The van der Waals surface area contributed by atoms with E-state index >= 15 is 0 Å². The molecule has 0 bridgehead atoms. The fourth-order valence-electron chi connectivity index (χ4n) is 1.63. The van der Waals surface area contributed by atoms with E-state index in [1.165, 1.54) is 35.2 Å². The van der Waals surface area contributed by atoms with Crippen molar-refractivity contribution in [3.8, 4) is 0 Å². The standard InChI is InChI=1S/C13H11F2NO/c14-13(15,12-4-2-1-3-5-12)10-16-7-6-11(8-16)9-17/h1-9H,10H2. The van der Waals surface area contributed by atoms with Crippen LogP contribution in [0, 0.1) is 0 Å². The van der Waals surface area contributed by atoms with Gasteiger partial charge in [-0.3, -0.25) is 4.79 Å². The molecule has 0 amide bonds. The summed E-state index contributed by atoms with van der Waals surface area (Å²) in [6.07, 6.45) is 3.52. The number of hydrogen-bond donors (Lipinski definition) is 0. The predicted octanol–water partition coefficient (Wildman–Crippen LogP) is 3.09. The number of carbonyl (C=O) groups is 1. The van der Waals surface area contributed by atoms with E-state index in [-0.39, 0.29) is 5.56 Å². The lowest BCUT2D eigenvalue weighted by atomic mass is 10.1. The molecule has 17 heavy (non-hydrogen) atoms. The molecule has 0 radical (unpaired) electrons. The minimum absolute atomic E-state index is 0.0265. The van der Waals surface area contributed by atoms with Crippen LogP contribution in [0.25, 0.3) is 0 Å². The Labute approximate surface area is 97.5 Å². The van der Waals surface area contributed by atoms with Gasteiger partial charge in [0, 0.05) is 23.5 Å². The van der Waals surface area contributed by atoms with Gasteiger partial charge in [0.2, 0.25) is 0 Å². The summed E-state index contributed by atoms with van der Waals surface area (Å²) in [4.78, 5) is 10.5. The van der Waals surface area contributed by atoms with Crippen LogP contribution in [-0.4, -0.2) is 10.9 Å². The zero-order chi connectivity index (χ0) is 12.3. The number of nitrogens with zero attached hydrogens (tertiary/aromatic N) is 1. The van der Waals surface area contributed by atoms with Crippen LogP contribution in [0.15, 0.2) is 48.8 Å². The summed E-state index contributed by atoms with van der Waals surface area (Å²) >= 11 is 0. The Kier molecular flexibility index (Phi) is 3.04. The number of hydrogen-bond acceptors (Lipinski definition) is 1. The summed E-state index contributed by atoms with van der Waals surface area (Å²) in [7, 11) is 0. The molecule has 2 nitrogen and oxygen atoms in total. The van der Waals surface area contributed by atoms with Gasteiger partial charge in [-0.05, 0) is 6.07 Å². The summed E-state index contributed by atoms with van der Waals surface area (Å²) < 4.78 is 29.0. The van der Waals surface area contributed by atoms with Gasteiger partial charge in [-0.2, -0.15) is 8.78 Å². The Bertz CT molecular complexity index is 505. The minimum atomic E-state index is -2.94. The van der Waals surface area contributed by atoms with E-state index in [1.807, 2.05) is 0 Å².